The second-order valence-electron chi connectivity index (χ2n) is 6.28. The van der Waals surface area contributed by atoms with Gasteiger partial charge in [0.05, 0.1) is 31.6 Å². The highest BCUT2D eigenvalue weighted by atomic mass is 16.7. The van der Waals surface area contributed by atoms with E-state index in [-0.39, 0.29) is 6.29 Å². The molecule has 0 radical (unpaired) electrons. The summed E-state index contributed by atoms with van der Waals surface area (Å²) in [6.07, 6.45) is 6.85. The van der Waals surface area contributed by atoms with Gasteiger partial charge in [-0.15, -0.1) is 5.10 Å². The van der Waals surface area contributed by atoms with E-state index in [2.05, 4.69) is 33.2 Å². The Morgan fingerprint density at radius 3 is 2.88 bits per heavy atom. The maximum Gasteiger partial charge on any atom is 0.177 e. The van der Waals surface area contributed by atoms with Gasteiger partial charge in [0.25, 0.3) is 0 Å². The van der Waals surface area contributed by atoms with Gasteiger partial charge in [-0.05, 0) is 37.8 Å². The molecular weight excluding hydrogens is 304 g/mol. The van der Waals surface area contributed by atoms with Crippen molar-refractivity contribution in [3.63, 3.8) is 0 Å². The largest absolute Gasteiger partial charge is 0.351 e. The van der Waals surface area contributed by atoms with E-state index in [0.717, 1.165) is 42.1 Å². The molecule has 6 nitrogen and oxygen atoms in total. The minimum Gasteiger partial charge on any atom is -0.351 e. The first-order chi connectivity index (χ1) is 11.8. The van der Waals surface area contributed by atoms with Gasteiger partial charge in [0.1, 0.15) is 5.69 Å². The van der Waals surface area contributed by atoms with Crippen molar-refractivity contribution in [2.45, 2.75) is 39.0 Å². The van der Waals surface area contributed by atoms with Crippen LogP contribution in [-0.2, 0) is 16.0 Å². The van der Waals surface area contributed by atoms with Gasteiger partial charge in [-0.3, -0.25) is 4.98 Å². The van der Waals surface area contributed by atoms with Gasteiger partial charge < -0.3 is 9.47 Å². The zero-order chi connectivity index (χ0) is 16.4. The normalized spacial score (nSPS) is 18.2. The molecule has 2 aromatic rings. The van der Waals surface area contributed by atoms with Crippen molar-refractivity contribution in [3.05, 3.63) is 29.6 Å². The van der Waals surface area contributed by atoms with Gasteiger partial charge in [-0.25, -0.2) is 4.68 Å². The fraction of sp³-hybridized carbons (Fsp3) is 0.500. The molecule has 0 N–H and O–H groups in total. The van der Waals surface area contributed by atoms with Crippen LogP contribution in [0.1, 0.15) is 30.4 Å². The second kappa shape index (κ2) is 6.71. The summed E-state index contributed by atoms with van der Waals surface area (Å²) >= 11 is 0. The summed E-state index contributed by atoms with van der Waals surface area (Å²) < 4.78 is 12.8. The molecule has 6 heteroatoms. The fourth-order valence-electron chi connectivity index (χ4n) is 2.62. The first-order valence-corrected chi connectivity index (χ1v) is 8.40. The molecule has 0 unspecified atom stereocenters. The molecule has 2 fully saturated rings. The number of ether oxygens (including phenoxy) is 2. The van der Waals surface area contributed by atoms with Crippen LogP contribution in [0.2, 0.25) is 0 Å². The summed E-state index contributed by atoms with van der Waals surface area (Å²) in [4.78, 5) is 4.53. The third-order valence-electron chi connectivity index (χ3n) is 4.09. The van der Waals surface area contributed by atoms with E-state index in [1.54, 1.807) is 4.68 Å². The molecule has 4 rings (SSSR count). The summed E-state index contributed by atoms with van der Waals surface area (Å²) in [6, 6.07) is 2.06. The maximum atomic E-state index is 5.55. The highest BCUT2D eigenvalue weighted by Crippen LogP contribution is 2.27. The van der Waals surface area contributed by atoms with E-state index in [4.69, 9.17) is 9.47 Å². The van der Waals surface area contributed by atoms with Gasteiger partial charge in [0.2, 0.25) is 0 Å². The lowest BCUT2D eigenvalue weighted by Gasteiger charge is -2.22. The van der Waals surface area contributed by atoms with Gasteiger partial charge >= 0.3 is 0 Å². The van der Waals surface area contributed by atoms with Crippen molar-refractivity contribution in [3.8, 4) is 23.2 Å². The van der Waals surface area contributed by atoms with Gasteiger partial charge in [0.15, 0.2) is 6.29 Å². The summed E-state index contributed by atoms with van der Waals surface area (Å²) in [5.74, 6) is 7.05. The highest BCUT2D eigenvalue weighted by molar-refractivity contribution is 5.58. The van der Waals surface area contributed by atoms with Crippen molar-refractivity contribution in [2.75, 3.05) is 13.2 Å². The maximum absolute atomic E-state index is 5.55. The van der Waals surface area contributed by atoms with Crippen molar-refractivity contribution in [2.24, 2.45) is 5.92 Å². The van der Waals surface area contributed by atoms with Crippen LogP contribution in [0.3, 0.4) is 0 Å². The van der Waals surface area contributed by atoms with Crippen LogP contribution >= 0.6 is 0 Å². The van der Waals surface area contributed by atoms with Gasteiger partial charge in [0, 0.05) is 17.7 Å². The monoisotopic (exact) mass is 324 g/mol. The highest BCUT2D eigenvalue weighted by Gasteiger charge is 2.18. The minimum absolute atomic E-state index is 0.248. The van der Waals surface area contributed by atoms with E-state index in [0.29, 0.717) is 12.5 Å². The number of aromatic nitrogens is 4. The van der Waals surface area contributed by atoms with Gasteiger partial charge in [-0.1, -0.05) is 17.1 Å². The third kappa shape index (κ3) is 3.64. The topological polar surface area (TPSA) is 62.1 Å². The molecule has 1 aliphatic carbocycles. The Morgan fingerprint density at radius 2 is 2.12 bits per heavy atom. The van der Waals surface area contributed by atoms with E-state index in [1.807, 2.05) is 19.3 Å². The van der Waals surface area contributed by atoms with Crippen LogP contribution in [0.15, 0.2) is 18.5 Å². The van der Waals surface area contributed by atoms with Crippen LogP contribution in [-0.4, -0.2) is 39.5 Å². The molecule has 2 aliphatic rings. The second-order valence-corrected chi connectivity index (χ2v) is 6.28. The number of hydrogen-bond donors (Lipinski definition) is 0. The first-order valence-electron chi connectivity index (χ1n) is 8.40. The number of nitrogens with zero attached hydrogens (tertiary/aromatic N) is 4. The number of hydrogen-bond acceptors (Lipinski definition) is 5. The summed E-state index contributed by atoms with van der Waals surface area (Å²) in [5, 5.41) is 8.39. The lowest BCUT2D eigenvalue weighted by atomic mass is 10.1. The third-order valence-corrected chi connectivity index (χ3v) is 4.09. The van der Waals surface area contributed by atoms with Crippen LogP contribution in [0.4, 0.5) is 0 Å². The molecular formula is C18H20N4O2. The Balaban J connectivity index is 1.48. The standard InChI is InChI=1S/C18H20N4O2/c1-13-9-15(6-5-14-3-4-14)10-19-18(13)16-11-22(21-20-16)12-17-23-7-2-8-24-17/h9-11,14,17H,2-4,7-8,12H2,1H3. The molecule has 24 heavy (non-hydrogen) atoms. The Kier molecular flexibility index (Phi) is 4.28. The number of rotatable bonds is 3. The number of pyridine rings is 1. The van der Waals surface area contributed by atoms with Gasteiger partial charge in [-0.2, -0.15) is 0 Å². The van der Waals surface area contributed by atoms with Crippen LogP contribution < -0.4 is 0 Å². The van der Waals surface area contributed by atoms with E-state index >= 15 is 0 Å². The smallest absolute Gasteiger partial charge is 0.177 e. The Bertz CT molecular complexity index is 780. The molecule has 1 saturated carbocycles. The average Bonchev–Trinajstić information content (AvgIpc) is 3.32. The molecule has 124 valence electrons. The molecule has 0 amide bonds. The van der Waals surface area contributed by atoms with E-state index in [1.165, 1.54) is 12.8 Å². The van der Waals surface area contributed by atoms with E-state index < -0.39 is 0 Å². The van der Waals surface area contributed by atoms with Crippen molar-refractivity contribution < 1.29 is 9.47 Å². The van der Waals surface area contributed by atoms with Crippen molar-refractivity contribution >= 4 is 0 Å². The minimum atomic E-state index is -0.248. The molecule has 3 heterocycles. The van der Waals surface area contributed by atoms with Crippen molar-refractivity contribution in [1.29, 1.82) is 0 Å². The van der Waals surface area contributed by atoms with Crippen molar-refractivity contribution in [1.82, 2.24) is 20.0 Å². The average molecular weight is 324 g/mol. The first kappa shape index (κ1) is 15.3. The Labute approximate surface area is 141 Å². The Hall–Kier alpha value is -2.23. The van der Waals surface area contributed by atoms with Crippen LogP contribution in [0, 0.1) is 24.7 Å². The summed E-state index contributed by atoms with van der Waals surface area (Å²) in [7, 11) is 0. The molecule has 1 aliphatic heterocycles. The summed E-state index contributed by atoms with van der Waals surface area (Å²) in [5.41, 5.74) is 3.60. The van der Waals surface area contributed by atoms with E-state index in [9.17, 15) is 0 Å². The number of aryl methyl sites for hydroxylation is 1. The molecule has 2 aromatic heterocycles. The summed E-state index contributed by atoms with van der Waals surface area (Å²) in [6.45, 7) is 4.03. The Morgan fingerprint density at radius 1 is 1.29 bits per heavy atom. The predicted octanol–water partition coefficient (Wildman–Crippen LogP) is 2.17. The quantitative estimate of drug-likeness (QED) is 0.810. The zero-order valence-electron chi connectivity index (χ0n) is 13.7. The molecule has 0 bridgehead atoms. The van der Waals surface area contributed by atoms with Crippen LogP contribution in [0.25, 0.3) is 11.4 Å². The molecule has 0 spiro atoms. The zero-order valence-corrected chi connectivity index (χ0v) is 13.7. The fourth-order valence-corrected chi connectivity index (χ4v) is 2.62. The SMILES string of the molecule is Cc1cc(C#CC2CC2)cnc1-c1cn(CC2OCCCO2)nn1. The lowest BCUT2D eigenvalue weighted by Crippen LogP contribution is -2.29. The molecule has 0 atom stereocenters. The molecule has 0 aromatic carbocycles. The lowest BCUT2D eigenvalue weighted by molar-refractivity contribution is -0.185. The van der Waals surface area contributed by atoms with Crippen LogP contribution in [0.5, 0.6) is 0 Å². The predicted molar refractivity (Wildman–Crippen MR) is 87.9 cm³/mol. The molecule has 1 saturated heterocycles.